The molecule has 0 bridgehead atoms. The lowest BCUT2D eigenvalue weighted by atomic mass is 10.2. The Kier molecular flexibility index (Phi) is 5.48. The third kappa shape index (κ3) is 4.07. The maximum Gasteiger partial charge on any atom is 0.262 e. The molecule has 0 saturated heterocycles. The molecule has 0 aliphatic heterocycles. The zero-order valence-electron chi connectivity index (χ0n) is 11.4. The number of sulfonamides is 1. The van der Waals surface area contributed by atoms with Crippen LogP contribution in [0.1, 0.15) is 10.4 Å². The first-order valence-corrected chi connectivity index (χ1v) is 9.99. The van der Waals surface area contributed by atoms with Gasteiger partial charge in [0, 0.05) is 25.7 Å². The number of thiophene rings is 1. The molecule has 0 saturated carbocycles. The van der Waals surface area contributed by atoms with Gasteiger partial charge in [-0.25, -0.2) is 8.42 Å². The Morgan fingerprint density at radius 2 is 1.81 bits per heavy atom. The maximum absolute atomic E-state index is 12.4. The first-order chi connectivity index (χ1) is 9.83. The van der Waals surface area contributed by atoms with E-state index in [2.05, 4.69) is 41.9 Å². The number of halogens is 2. The van der Waals surface area contributed by atoms with Crippen molar-refractivity contribution in [3.63, 3.8) is 0 Å². The smallest absolute Gasteiger partial charge is 0.262 e. The van der Waals surface area contributed by atoms with Gasteiger partial charge in [-0.15, -0.1) is 11.3 Å². The van der Waals surface area contributed by atoms with E-state index in [0.717, 1.165) is 10.4 Å². The molecule has 8 heteroatoms. The molecular formula is C13H14Br2N2O2S2. The van der Waals surface area contributed by atoms with Gasteiger partial charge in [0.15, 0.2) is 0 Å². The van der Waals surface area contributed by atoms with Crippen LogP contribution in [-0.2, 0) is 16.6 Å². The van der Waals surface area contributed by atoms with Gasteiger partial charge >= 0.3 is 0 Å². The van der Waals surface area contributed by atoms with Crippen molar-refractivity contribution in [2.45, 2.75) is 18.4 Å². The van der Waals surface area contributed by atoms with E-state index in [-0.39, 0.29) is 4.90 Å². The zero-order chi connectivity index (χ0) is 15.6. The van der Waals surface area contributed by atoms with Crippen LogP contribution in [0.4, 0.5) is 5.69 Å². The summed E-state index contributed by atoms with van der Waals surface area (Å²) in [5.41, 5.74) is 1.53. The highest BCUT2D eigenvalue weighted by molar-refractivity contribution is 9.11. The van der Waals surface area contributed by atoms with Gasteiger partial charge in [-0.05, 0) is 69.6 Å². The highest BCUT2D eigenvalue weighted by Gasteiger charge is 2.19. The van der Waals surface area contributed by atoms with Crippen LogP contribution in [0.25, 0.3) is 0 Å². The molecule has 0 radical (unpaired) electrons. The lowest BCUT2D eigenvalue weighted by Gasteiger charge is -2.11. The second-order valence-electron chi connectivity index (χ2n) is 4.49. The summed E-state index contributed by atoms with van der Waals surface area (Å²) < 4.78 is 28.9. The van der Waals surface area contributed by atoms with Crippen molar-refractivity contribution in [1.82, 2.24) is 5.32 Å². The fourth-order valence-corrected chi connectivity index (χ4v) is 6.02. The van der Waals surface area contributed by atoms with E-state index in [0.29, 0.717) is 21.2 Å². The van der Waals surface area contributed by atoms with Crippen LogP contribution in [0, 0.1) is 6.92 Å². The van der Waals surface area contributed by atoms with Gasteiger partial charge in [0.05, 0.1) is 10.6 Å². The Bertz CT molecular complexity index is 734. The number of anilines is 1. The summed E-state index contributed by atoms with van der Waals surface area (Å²) in [4.78, 5) is 1.25. The predicted molar refractivity (Wildman–Crippen MR) is 94.5 cm³/mol. The molecule has 1 aromatic heterocycles. The standard InChI is InChI=1S/C13H14Br2N2O2S2/c1-8-3-11(14)13(12(15)4-8)17-21(18,19)10-5-9(6-16-2)20-7-10/h3-5,7,16-17H,6H2,1-2H3. The van der Waals surface area contributed by atoms with Crippen LogP contribution in [0.2, 0.25) is 0 Å². The van der Waals surface area contributed by atoms with Crippen molar-refractivity contribution >= 4 is 58.9 Å². The Morgan fingerprint density at radius 1 is 1.19 bits per heavy atom. The van der Waals surface area contributed by atoms with Crippen LogP contribution in [0.15, 0.2) is 37.4 Å². The summed E-state index contributed by atoms with van der Waals surface area (Å²) in [6, 6.07) is 5.41. The van der Waals surface area contributed by atoms with E-state index < -0.39 is 10.0 Å². The highest BCUT2D eigenvalue weighted by Crippen LogP contribution is 2.34. The molecule has 2 rings (SSSR count). The van der Waals surface area contributed by atoms with Crippen LogP contribution < -0.4 is 10.0 Å². The molecule has 0 amide bonds. The quantitative estimate of drug-likeness (QED) is 0.716. The minimum atomic E-state index is -3.60. The Hall–Kier alpha value is -0.410. The molecule has 0 aliphatic carbocycles. The SMILES string of the molecule is CNCc1cc(S(=O)(=O)Nc2c(Br)cc(C)cc2Br)cs1. The molecule has 0 aliphatic rings. The number of rotatable bonds is 5. The van der Waals surface area contributed by atoms with Crippen LogP contribution in [0.5, 0.6) is 0 Å². The zero-order valence-corrected chi connectivity index (χ0v) is 16.2. The van der Waals surface area contributed by atoms with Gasteiger partial charge < -0.3 is 5.32 Å². The first-order valence-electron chi connectivity index (χ1n) is 6.04. The van der Waals surface area contributed by atoms with Crippen LogP contribution in [-0.4, -0.2) is 15.5 Å². The molecule has 114 valence electrons. The van der Waals surface area contributed by atoms with E-state index >= 15 is 0 Å². The van der Waals surface area contributed by atoms with Crippen LogP contribution >= 0.6 is 43.2 Å². The number of nitrogens with one attached hydrogen (secondary N) is 2. The Labute approximate surface area is 145 Å². The molecule has 1 aromatic carbocycles. The molecular weight excluding hydrogens is 440 g/mol. The summed E-state index contributed by atoms with van der Waals surface area (Å²) in [6.07, 6.45) is 0. The molecule has 2 aromatic rings. The molecule has 1 heterocycles. The van der Waals surface area contributed by atoms with Gasteiger partial charge in [0.2, 0.25) is 0 Å². The fraction of sp³-hybridized carbons (Fsp3) is 0.231. The van der Waals surface area contributed by atoms with Crippen molar-refractivity contribution in [2.75, 3.05) is 11.8 Å². The van der Waals surface area contributed by atoms with E-state index in [1.807, 2.05) is 26.1 Å². The summed E-state index contributed by atoms with van der Waals surface area (Å²) >= 11 is 8.20. The predicted octanol–water partition coefficient (Wildman–Crippen LogP) is 4.10. The largest absolute Gasteiger partial charge is 0.315 e. The topological polar surface area (TPSA) is 58.2 Å². The molecule has 0 atom stereocenters. The number of hydrogen-bond donors (Lipinski definition) is 2. The average Bonchev–Trinajstić information content (AvgIpc) is 2.84. The lowest BCUT2D eigenvalue weighted by molar-refractivity contribution is 0.601. The van der Waals surface area contributed by atoms with Gasteiger partial charge in [-0.3, -0.25) is 4.72 Å². The average molecular weight is 454 g/mol. The van der Waals surface area contributed by atoms with Crippen LogP contribution in [0.3, 0.4) is 0 Å². The second-order valence-corrected chi connectivity index (χ2v) is 8.87. The second kappa shape index (κ2) is 6.78. The van der Waals surface area contributed by atoms with E-state index in [9.17, 15) is 8.42 Å². The van der Waals surface area contributed by atoms with Crippen molar-refractivity contribution in [3.05, 3.63) is 43.0 Å². The third-order valence-corrected chi connectivity index (χ3v) is 6.38. The summed E-state index contributed by atoms with van der Waals surface area (Å²) in [5, 5.41) is 4.65. The Balaban J connectivity index is 2.33. The van der Waals surface area contributed by atoms with Crippen molar-refractivity contribution < 1.29 is 8.42 Å². The first kappa shape index (κ1) is 17.0. The molecule has 0 spiro atoms. The normalized spacial score (nSPS) is 11.6. The van der Waals surface area contributed by atoms with Crippen molar-refractivity contribution in [3.8, 4) is 0 Å². The van der Waals surface area contributed by atoms with E-state index in [1.165, 1.54) is 11.3 Å². The van der Waals surface area contributed by atoms with E-state index in [1.54, 1.807) is 11.4 Å². The molecule has 4 nitrogen and oxygen atoms in total. The monoisotopic (exact) mass is 452 g/mol. The lowest BCUT2D eigenvalue weighted by Crippen LogP contribution is -2.13. The maximum atomic E-state index is 12.4. The van der Waals surface area contributed by atoms with Crippen molar-refractivity contribution in [1.29, 1.82) is 0 Å². The highest BCUT2D eigenvalue weighted by atomic mass is 79.9. The van der Waals surface area contributed by atoms with Gasteiger partial charge in [-0.2, -0.15) is 0 Å². The minimum Gasteiger partial charge on any atom is -0.315 e. The van der Waals surface area contributed by atoms with E-state index in [4.69, 9.17) is 0 Å². The molecule has 0 unspecified atom stereocenters. The minimum absolute atomic E-state index is 0.275. The number of benzene rings is 1. The fourth-order valence-electron chi connectivity index (χ4n) is 1.76. The molecule has 0 fully saturated rings. The summed E-state index contributed by atoms with van der Waals surface area (Å²) in [6.45, 7) is 2.59. The Morgan fingerprint density at radius 3 is 2.38 bits per heavy atom. The van der Waals surface area contributed by atoms with Gasteiger partial charge in [-0.1, -0.05) is 0 Å². The third-order valence-electron chi connectivity index (χ3n) is 2.71. The number of hydrogen-bond acceptors (Lipinski definition) is 4. The molecule has 21 heavy (non-hydrogen) atoms. The molecule has 2 N–H and O–H groups in total. The summed E-state index contributed by atoms with van der Waals surface area (Å²) in [5.74, 6) is 0. The van der Waals surface area contributed by atoms with Crippen molar-refractivity contribution in [2.24, 2.45) is 0 Å². The van der Waals surface area contributed by atoms with Gasteiger partial charge in [0.25, 0.3) is 10.0 Å². The summed E-state index contributed by atoms with van der Waals surface area (Å²) in [7, 11) is -1.77. The number of aryl methyl sites for hydroxylation is 1. The van der Waals surface area contributed by atoms with Gasteiger partial charge in [0.1, 0.15) is 0 Å².